The van der Waals surface area contributed by atoms with Crippen LogP contribution in [-0.2, 0) is 10.5 Å². The molecule has 1 aromatic carbocycles. The maximum absolute atomic E-state index is 12.4. The number of thioether (sulfide) groups is 1. The molecule has 4 aromatic rings. The first-order valence-corrected chi connectivity index (χ1v) is 11.4. The lowest BCUT2D eigenvalue weighted by Crippen LogP contribution is -2.19. The molecule has 1 aliphatic rings. The Labute approximate surface area is 187 Å². The number of hydrogen-bond donors (Lipinski definition) is 1. The number of anilines is 1. The predicted molar refractivity (Wildman–Crippen MR) is 123 cm³/mol. The van der Waals surface area contributed by atoms with Gasteiger partial charge in [-0.25, -0.2) is 15.0 Å². The maximum Gasteiger partial charge on any atom is 0.258 e. The number of nitrogens with one attached hydrogen (secondary N) is 1. The molecular formula is C22H20ClN5O2S. The number of nitrogens with zero attached hydrogens (tertiary/aromatic N) is 4. The van der Waals surface area contributed by atoms with Crippen LogP contribution in [0.15, 0.2) is 58.6 Å². The summed E-state index contributed by atoms with van der Waals surface area (Å²) in [6.45, 7) is 1.54. The van der Waals surface area contributed by atoms with E-state index in [0.29, 0.717) is 27.3 Å². The Hall–Kier alpha value is -2.68. The molecule has 0 spiro atoms. The van der Waals surface area contributed by atoms with Crippen molar-refractivity contribution in [2.45, 2.75) is 29.9 Å². The number of hydrogen-bond acceptors (Lipinski definition) is 7. The zero-order valence-electron chi connectivity index (χ0n) is 16.6. The average Bonchev–Trinajstić information content (AvgIpc) is 3.30. The molecule has 5 rings (SSSR count). The molecule has 0 radical (unpaired) electrons. The van der Waals surface area contributed by atoms with Crippen LogP contribution in [0.2, 0.25) is 5.02 Å². The van der Waals surface area contributed by atoms with Gasteiger partial charge < -0.3 is 10.1 Å². The SMILES string of the molecule is O=c1cc(CSc2nc(NC[C@@H]3CCCO3)c3ccccc3n2)nc2ccc(Cl)cn12. The van der Waals surface area contributed by atoms with Crippen molar-refractivity contribution in [2.24, 2.45) is 0 Å². The van der Waals surface area contributed by atoms with Gasteiger partial charge in [0, 0.05) is 36.6 Å². The number of para-hydroxylation sites is 1. The summed E-state index contributed by atoms with van der Waals surface area (Å²) in [5, 5.41) is 5.53. The average molecular weight is 454 g/mol. The number of fused-ring (bicyclic) bond motifs is 2. The van der Waals surface area contributed by atoms with Gasteiger partial charge in [0.2, 0.25) is 0 Å². The number of halogens is 1. The van der Waals surface area contributed by atoms with Crippen LogP contribution >= 0.6 is 23.4 Å². The number of benzene rings is 1. The van der Waals surface area contributed by atoms with Crippen LogP contribution in [-0.4, -0.2) is 38.6 Å². The fourth-order valence-corrected chi connectivity index (χ4v) is 4.51. The van der Waals surface area contributed by atoms with Gasteiger partial charge in [0.15, 0.2) is 5.16 Å². The molecule has 31 heavy (non-hydrogen) atoms. The van der Waals surface area contributed by atoms with Gasteiger partial charge in [-0.3, -0.25) is 9.20 Å². The van der Waals surface area contributed by atoms with Crippen molar-refractivity contribution in [3.8, 4) is 0 Å². The van der Waals surface area contributed by atoms with Crippen molar-refractivity contribution in [1.29, 1.82) is 0 Å². The summed E-state index contributed by atoms with van der Waals surface area (Å²) in [5.74, 6) is 1.28. The van der Waals surface area contributed by atoms with Crippen LogP contribution in [0.4, 0.5) is 5.82 Å². The van der Waals surface area contributed by atoms with Gasteiger partial charge in [-0.05, 0) is 37.1 Å². The van der Waals surface area contributed by atoms with Gasteiger partial charge in [-0.1, -0.05) is 35.5 Å². The van der Waals surface area contributed by atoms with Gasteiger partial charge in [0.1, 0.15) is 11.5 Å². The van der Waals surface area contributed by atoms with E-state index in [2.05, 4.69) is 15.3 Å². The molecule has 1 atom stereocenters. The maximum atomic E-state index is 12.4. The Morgan fingerprint density at radius 1 is 1.19 bits per heavy atom. The van der Waals surface area contributed by atoms with Gasteiger partial charge in [0.05, 0.1) is 22.3 Å². The minimum atomic E-state index is -0.165. The minimum Gasteiger partial charge on any atom is -0.376 e. The van der Waals surface area contributed by atoms with E-state index in [1.54, 1.807) is 18.3 Å². The smallest absolute Gasteiger partial charge is 0.258 e. The van der Waals surface area contributed by atoms with Crippen molar-refractivity contribution in [1.82, 2.24) is 19.4 Å². The summed E-state index contributed by atoms with van der Waals surface area (Å²) in [5.41, 5.74) is 1.94. The molecule has 1 fully saturated rings. The van der Waals surface area contributed by atoms with E-state index in [4.69, 9.17) is 21.3 Å². The highest BCUT2D eigenvalue weighted by atomic mass is 35.5. The Morgan fingerprint density at radius 2 is 2.10 bits per heavy atom. The van der Waals surface area contributed by atoms with Crippen LogP contribution in [0.5, 0.6) is 0 Å². The molecule has 0 unspecified atom stereocenters. The van der Waals surface area contributed by atoms with Crippen LogP contribution < -0.4 is 10.9 Å². The third-order valence-electron chi connectivity index (χ3n) is 5.13. The fourth-order valence-electron chi connectivity index (χ4n) is 3.61. The van der Waals surface area contributed by atoms with E-state index in [9.17, 15) is 4.79 Å². The highest BCUT2D eigenvalue weighted by Crippen LogP contribution is 2.26. The third kappa shape index (κ3) is 4.51. The lowest BCUT2D eigenvalue weighted by atomic mass is 10.2. The molecular weight excluding hydrogens is 434 g/mol. The van der Waals surface area contributed by atoms with E-state index < -0.39 is 0 Å². The van der Waals surface area contributed by atoms with Gasteiger partial charge in [-0.2, -0.15) is 0 Å². The Kier molecular flexibility index (Phi) is 5.76. The van der Waals surface area contributed by atoms with Gasteiger partial charge in [0.25, 0.3) is 5.56 Å². The number of rotatable bonds is 6. The third-order valence-corrected chi connectivity index (χ3v) is 6.23. The summed E-state index contributed by atoms with van der Waals surface area (Å²) in [6.07, 6.45) is 3.95. The van der Waals surface area contributed by atoms with Crippen LogP contribution in [0, 0.1) is 0 Å². The van der Waals surface area contributed by atoms with E-state index in [0.717, 1.165) is 42.7 Å². The molecule has 9 heteroatoms. The second kappa shape index (κ2) is 8.82. The summed E-state index contributed by atoms with van der Waals surface area (Å²) < 4.78 is 7.16. The van der Waals surface area contributed by atoms with E-state index in [1.165, 1.54) is 22.2 Å². The molecule has 0 bridgehead atoms. The molecule has 1 N–H and O–H groups in total. The molecule has 0 saturated carbocycles. The van der Waals surface area contributed by atoms with Crippen molar-refractivity contribution < 1.29 is 4.74 Å². The molecule has 0 aliphatic carbocycles. The van der Waals surface area contributed by atoms with Crippen molar-refractivity contribution in [3.05, 3.63) is 69.7 Å². The second-order valence-corrected chi connectivity index (χ2v) is 8.72. The van der Waals surface area contributed by atoms with Gasteiger partial charge in [-0.15, -0.1) is 0 Å². The van der Waals surface area contributed by atoms with Crippen molar-refractivity contribution in [2.75, 3.05) is 18.5 Å². The van der Waals surface area contributed by atoms with E-state index in [1.807, 2.05) is 24.3 Å². The number of pyridine rings is 1. The summed E-state index contributed by atoms with van der Waals surface area (Å²) in [4.78, 5) is 26.4. The van der Waals surface area contributed by atoms with Gasteiger partial charge >= 0.3 is 0 Å². The van der Waals surface area contributed by atoms with E-state index in [-0.39, 0.29) is 11.7 Å². The highest BCUT2D eigenvalue weighted by molar-refractivity contribution is 7.98. The molecule has 3 aromatic heterocycles. The molecule has 158 valence electrons. The molecule has 1 saturated heterocycles. The van der Waals surface area contributed by atoms with Crippen molar-refractivity contribution >= 4 is 45.7 Å². The normalized spacial score (nSPS) is 16.2. The second-order valence-electron chi connectivity index (χ2n) is 7.34. The summed E-state index contributed by atoms with van der Waals surface area (Å²) >= 11 is 7.43. The minimum absolute atomic E-state index is 0.165. The zero-order valence-corrected chi connectivity index (χ0v) is 18.2. The highest BCUT2D eigenvalue weighted by Gasteiger charge is 2.16. The topological polar surface area (TPSA) is 81.4 Å². The molecule has 4 heterocycles. The largest absolute Gasteiger partial charge is 0.376 e. The summed E-state index contributed by atoms with van der Waals surface area (Å²) in [6, 6.07) is 12.9. The Balaban J connectivity index is 1.39. The zero-order chi connectivity index (χ0) is 21.2. The molecule has 7 nitrogen and oxygen atoms in total. The Morgan fingerprint density at radius 3 is 2.97 bits per heavy atom. The quantitative estimate of drug-likeness (QED) is 0.346. The fraction of sp³-hybridized carbons (Fsp3) is 0.273. The number of ether oxygens (including phenoxy) is 1. The van der Waals surface area contributed by atoms with Crippen LogP contribution in [0.25, 0.3) is 16.6 Å². The monoisotopic (exact) mass is 453 g/mol. The summed E-state index contributed by atoms with van der Waals surface area (Å²) in [7, 11) is 0. The van der Waals surface area contributed by atoms with Crippen molar-refractivity contribution in [3.63, 3.8) is 0 Å². The first kappa shape index (κ1) is 20.2. The van der Waals surface area contributed by atoms with Crippen LogP contribution in [0.1, 0.15) is 18.5 Å². The standard InChI is InChI=1S/C22H20ClN5O2S/c23-14-7-8-19-25-15(10-20(29)28(19)12-14)13-31-22-26-18-6-2-1-5-17(18)21(27-22)24-11-16-4-3-9-30-16/h1-2,5-8,10,12,16H,3-4,9,11,13H2,(H,24,26,27)/t16-/m0/s1. The number of aromatic nitrogens is 4. The Bertz CT molecular complexity index is 1310. The van der Waals surface area contributed by atoms with Crippen LogP contribution in [0.3, 0.4) is 0 Å². The molecule has 0 amide bonds. The lowest BCUT2D eigenvalue weighted by Gasteiger charge is -2.14. The molecule has 1 aliphatic heterocycles. The first-order valence-electron chi connectivity index (χ1n) is 10.1. The first-order chi connectivity index (χ1) is 15.2. The van der Waals surface area contributed by atoms with E-state index >= 15 is 0 Å². The lowest BCUT2D eigenvalue weighted by molar-refractivity contribution is 0.120. The predicted octanol–water partition coefficient (Wildman–Crippen LogP) is 4.17.